The third-order valence-electron chi connectivity index (χ3n) is 3.79. The first-order chi connectivity index (χ1) is 10.2. The fraction of sp³-hybridized carbons (Fsp3) is 0.167. The van der Waals surface area contributed by atoms with Crippen molar-refractivity contribution < 1.29 is 0 Å². The highest BCUT2D eigenvalue weighted by molar-refractivity contribution is 5.90. The van der Waals surface area contributed by atoms with E-state index in [1.54, 1.807) is 0 Å². The molecule has 3 rings (SSSR count). The van der Waals surface area contributed by atoms with Gasteiger partial charge in [0.2, 0.25) is 0 Å². The van der Waals surface area contributed by atoms with E-state index in [4.69, 9.17) is 5.73 Å². The second-order valence-electron chi connectivity index (χ2n) is 5.31. The number of hydrogen-bond acceptors (Lipinski definition) is 2. The second kappa shape index (κ2) is 5.54. The zero-order valence-electron chi connectivity index (χ0n) is 12.2. The number of hydrogen-bond donors (Lipinski definition) is 1. The van der Waals surface area contributed by atoms with E-state index in [9.17, 15) is 0 Å². The number of aromatic nitrogens is 2. The highest BCUT2D eigenvalue weighted by Gasteiger charge is 2.14. The summed E-state index contributed by atoms with van der Waals surface area (Å²) in [6.45, 7) is 4.20. The molecular weight excluding hydrogens is 258 g/mol. The van der Waals surface area contributed by atoms with Crippen LogP contribution in [0, 0.1) is 0 Å². The molecular formula is C18H19N3. The lowest BCUT2D eigenvalue weighted by molar-refractivity contribution is 0.742. The van der Waals surface area contributed by atoms with Gasteiger partial charge >= 0.3 is 0 Å². The minimum absolute atomic E-state index is 0.0560. The van der Waals surface area contributed by atoms with Gasteiger partial charge in [-0.05, 0) is 23.6 Å². The van der Waals surface area contributed by atoms with Crippen molar-refractivity contribution in [2.45, 2.75) is 12.5 Å². The van der Waals surface area contributed by atoms with E-state index in [1.807, 2.05) is 42.1 Å². The Morgan fingerprint density at radius 3 is 2.57 bits per heavy atom. The van der Waals surface area contributed by atoms with Gasteiger partial charge in [0.05, 0.1) is 11.2 Å². The van der Waals surface area contributed by atoms with E-state index in [0.29, 0.717) is 6.42 Å². The molecule has 2 aromatic carbocycles. The molecule has 1 atom stereocenters. The molecule has 0 amide bonds. The Labute approximate surface area is 124 Å². The molecule has 2 N–H and O–H groups in total. The molecule has 3 aromatic rings. The van der Waals surface area contributed by atoms with Gasteiger partial charge in [0.25, 0.3) is 0 Å². The van der Waals surface area contributed by atoms with Gasteiger partial charge in [0.1, 0.15) is 0 Å². The van der Waals surface area contributed by atoms with Gasteiger partial charge in [-0.3, -0.25) is 4.68 Å². The zero-order valence-corrected chi connectivity index (χ0v) is 12.2. The summed E-state index contributed by atoms with van der Waals surface area (Å²) >= 11 is 0. The maximum absolute atomic E-state index is 6.29. The van der Waals surface area contributed by atoms with Crippen LogP contribution in [0.3, 0.4) is 0 Å². The molecule has 0 fully saturated rings. The van der Waals surface area contributed by atoms with Gasteiger partial charge in [-0.1, -0.05) is 55.1 Å². The Morgan fingerprint density at radius 2 is 1.81 bits per heavy atom. The zero-order chi connectivity index (χ0) is 14.8. The number of fused-ring (bicyclic) bond motifs is 1. The molecule has 0 aliphatic heterocycles. The standard InChI is InChI=1S/C18H19N3/c1-13(12-16(19)14-8-4-3-5-9-14)18-15-10-6-7-11-17(15)21(2)20-18/h3-11,16H,1,12,19H2,2H3. The van der Waals surface area contributed by atoms with Crippen molar-refractivity contribution in [1.82, 2.24) is 9.78 Å². The summed E-state index contributed by atoms with van der Waals surface area (Å²) in [6.07, 6.45) is 0.699. The maximum Gasteiger partial charge on any atom is 0.0956 e. The Balaban J connectivity index is 1.88. The minimum Gasteiger partial charge on any atom is -0.324 e. The summed E-state index contributed by atoms with van der Waals surface area (Å²) < 4.78 is 1.89. The molecule has 21 heavy (non-hydrogen) atoms. The van der Waals surface area contributed by atoms with E-state index in [2.05, 4.69) is 35.9 Å². The molecule has 0 aliphatic rings. The van der Waals surface area contributed by atoms with Gasteiger partial charge in [-0.2, -0.15) is 5.10 Å². The molecule has 106 valence electrons. The molecule has 0 saturated heterocycles. The molecule has 1 heterocycles. The quantitative estimate of drug-likeness (QED) is 0.790. The molecule has 0 spiro atoms. The largest absolute Gasteiger partial charge is 0.324 e. The van der Waals surface area contributed by atoms with Crippen LogP contribution < -0.4 is 5.73 Å². The molecule has 0 saturated carbocycles. The van der Waals surface area contributed by atoms with Gasteiger partial charge in [0.15, 0.2) is 0 Å². The van der Waals surface area contributed by atoms with Crippen LogP contribution in [0.15, 0.2) is 61.2 Å². The highest BCUT2D eigenvalue weighted by Crippen LogP contribution is 2.28. The maximum atomic E-state index is 6.29. The molecule has 1 unspecified atom stereocenters. The predicted molar refractivity (Wildman–Crippen MR) is 87.7 cm³/mol. The van der Waals surface area contributed by atoms with Crippen molar-refractivity contribution >= 4 is 16.5 Å². The first kappa shape index (κ1) is 13.6. The van der Waals surface area contributed by atoms with E-state index >= 15 is 0 Å². The predicted octanol–water partition coefficient (Wildman–Crippen LogP) is 3.68. The molecule has 3 nitrogen and oxygen atoms in total. The highest BCUT2D eigenvalue weighted by atomic mass is 15.3. The van der Waals surface area contributed by atoms with E-state index in [0.717, 1.165) is 27.7 Å². The SMILES string of the molecule is C=C(CC(N)c1ccccc1)c1nn(C)c2ccccc12. The summed E-state index contributed by atoms with van der Waals surface area (Å²) in [5, 5.41) is 5.73. The average molecular weight is 277 g/mol. The van der Waals surface area contributed by atoms with E-state index in [-0.39, 0.29) is 6.04 Å². The van der Waals surface area contributed by atoms with Crippen LogP contribution in [0.5, 0.6) is 0 Å². The summed E-state index contributed by atoms with van der Waals surface area (Å²) in [7, 11) is 1.95. The monoisotopic (exact) mass is 277 g/mol. The summed E-state index contributed by atoms with van der Waals surface area (Å²) in [5.41, 5.74) is 10.4. The lowest BCUT2D eigenvalue weighted by Gasteiger charge is -2.13. The van der Waals surface area contributed by atoms with Crippen LogP contribution in [-0.4, -0.2) is 9.78 Å². The summed E-state index contributed by atoms with van der Waals surface area (Å²) in [6, 6.07) is 18.2. The first-order valence-corrected chi connectivity index (χ1v) is 7.07. The van der Waals surface area contributed by atoms with Crippen molar-refractivity contribution in [3.8, 4) is 0 Å². The van der Waals surface area contributed by atoms with Crippen molar-refractivity contribution in [3.05, 3.63) is 72.4 Å². The topological polar surface area (TPSA) is 43.8 Å². The van der Waals surface area contributed by atoms with Gasteiger partial charge in [-0.15, -0.1) is 0 Å². The molecule has 0 bridgehead atoms. The molecule has 0 aliphatic carbocycles. The lowest BCUT2D eigenvalue weighted by atomic mass is 9.97. The number of benzene rings is 2. The Kier molecular flexibility index (Phi) is 3.59. The van der Waals surface area contributed by atoms with Crippen molar-refractivity contribution in [1.29, 1.82) is 0 Å². The second-order valence-corrected chi connectivity index (χ2v) is 5.31. The van der Waals surface area contributed by atoms with Crippen LogP contribution in [0.4, 0.5) is 0 Å². The number of aryl methyl sites for hydroxylation is 1. The van der Waals surface area contributed by atoms with Crippen molar-refractivity contribution in [2.75, 3.05) is 0 Å². The van der Waals surface area contributed by atoms with E-state index < -0.39 is 0 Å². The average Bonchev–Trinajstić information content (AvgIpc) is 2.86. The molecule has 1 aromatic heterocycles. The Bertz CT molecular complexity index is 772. The number of nitrogens with zero attached hydrogens (tertiary/aromatic N) is 2. The number of nitrogens with two attached hydrogens (primary N) is 1. The smallest absolute Gasteiger partial charge is 0.0956 e. The van der Waals surface area contributed by atoms with Crippen LogP contribution >= 0.6 is 0 Å². The third-order valence-corrected chi connectivity index (χ3v) is 3.79. The van der Waals surface area contributed by atoms with Crippen LogP contribution in [0.25, 0.3) is 16.5 Å². The fourth-order valence-electron chi connectivity index (χ4n) is 2.66. The summed E-state index contributed by atoms with van der Waals surface area (Å²) in [4.78, 5) is 0. The lowest BCUT2D eigenvalue weighted by Crippen LogP contribution is -2.10. The van der Waals surface area contributed by atoms with Crippen molar-refractivity contribution in [3.63, 3.8) is 0 Å². The van der Waals surface area contributed by atoms with Crippen LogP contribution in [0.2, 0.25) is 0 Å². The molecule has 3 heteroatoms. The van der Waals surface area contributed by atoms with Gasteiger partial charge in [-0.25, -0.2) is 0 Å². The van der Waals surface area contributed by atoms with Crippen LogP contribution in [0.1, 0.15) is 23.7 Å². The Morgan fingerprint density at radius 1 is 1.14 bits per heavy atom. The third kappa shape index (κ3) is 2.60. The van der Waals surface area contributed by atoms with Gasteiger partial charge in [0, 0.05) is 18.5 Å². The first-order valence-electron chi connectivity index (χ1n) is 7.07. The molecule has 0 radical (unpaired) electrons. The normalized spacial score (nSPS) is 12.5. The van der Waals surface area contributed by atoms with Crippen LogP contribution in [-0.2, 0) is 7.05 Å². The van der Waals surface area contributed by atoms with Gasteiger partial charge < -0.3 is 5.73 Å². The Hall–Kier alpha value is -2.39. The fourth-order valence-corrected chi connectivity index (χ4v) is 2.66. The number of para-hydroxylation sites is 1. The summed E-state index contributed by atoms with van der Waals surface area (Å²) in [5.74, 6) is 0. The minimum atomic E-state index is -0.0560. The van der Waals surface area contributed by atoms with E-state index in [1.165, 1.54) is 0 Å². The number of rotatable bonds is 4. The van der Waals surface area contributed by atoms with Crippen molar-refractivity contribution in [2.24, 2.45) is 12.8 Å².